The SMILES string of the molecule is O=S(=O)(O)c1cnccc1N1CCCCC1. The maximum Gasteiger partial charge on any atom is 0.298 e. The molecule has 1 aromatic rings. The molecule has 1 fully saturated rings. The van der Waals surface area contributed by atoms with Gasteiger partial charge in [0, 0.05) is 19.3 Å². The summed E-state index contributed by atoms with van der Waals surface area (Å²) in [7, 11) is -4.19. The van der Waals surface area contributed by atoms with Gasteiger partial charge < -0.3 is 4.90 Å². The van der Waals surface area contributed by atoms with Crippen LogP contribution in [0.25, 0.3) is 0 Å². The van der Waals surface area contributed by atoms with Gasteiger partial charge in [-0.15, -0.1) is 0 Å². The molecule has 1 aromatic heterocycles. The average molecular weight is 242 g/mol. The van der Waals surface area contributed by atoms with Crippen LogP contribution in [0.5, 0.6) is 0 Å². The van der Waals surface area contributed by atoms with Crippen LogP contribution in [0.15, 0.2) is 23.4 Å². The molecular formula is C10H14N2O3S. The number of nitrogens with zero attached hydrogens (tertiary/aromatic N) is 2. The van der Waals surface area contributed by atoms with E-state index >= 15 is 0 Å². The summed E-state index contributed by atoms with van der Waals surface area (Å²) in [6, 6.07) is 1.63. The van der Waals surface area contributed by atoms with Crippen molar-refractivity contribution in [3.05, 3.63) is 18.5 Å². The second-order valence-corrected chi connectivity index (χ2v) is 5.26. The maximum absolute atomic E-state index is 11.2. The van der Waals surface area contributed by atoms with E-state index in [0.29, 0.717) is 5.69 Å². The maximum atomic E-state index is 11.2. The third kappa shape index (κ3) is 2.33. The van der Waals surface area contributed by atoms with Gasteiger partial charge in [-0.1, -0.05) is 0 Å². The van der Waals surface area contributed by atoms with Crippen molar-refractivity contribution in [1.29, 1.82) is 0 Å². The fraction of sp³-hybridized carbons (Fsp3) is 0.500. The first-order valence-corrected chi connectivity index (χ1v) is 6.69. The second kappa shape index (κ2) is 4.39. The molecule has 0 saturated carbocycles. The van der Waals surface area contributed by atoms with E-state index in [1.54, 1.807) is 12.3 Å². The van der Waals surface area contributed by atoms with E-state index in [1.165, 1.54) is 12.6 Å². The molecule has 0 amide bonds. The van der Waals surface area contributed by atoms with Crippen molar-refractivity contribution in [2.45, 2.75) is 24.2 Å². The molecule has 2 heterocycles. The minimum absolute atomic E-state index is 0.100. The molecule has 6 heteroatoms. The van der Waals surface area contributed by atoms with E-state index in [2.05, 4.69) is 4.98 Å². The topological polar surface area (TPSA) is 70.5 Å². The third-order valence-electron chi connectivity index (χ3n) is 2.74. The Morgan fingerprint density at radius 3 is 2.56 bits per heavy atom. The summed E-state index contributed by atoms with van der Waals surface area (Å²) in [5.41, 5.74) is 0.553. The molecular weight excluding hydrogens is 228 g/mol. The zero-order valence-corrected chi connectivity index (χ0v) is 9.65. The van der Waals surface area contributed by atoms with Gasteiger partial charge in [0.2, 0.25) is 0 Å². The van der Waals surface area contributed by atoms with Crippen molar-refractivity contribution in [1.82, 2.24) is 4.98 Å². The zero-order valence-electron chi connectivity index (χ0n) is 8.83. The number of rotatable bonds is 2. The van der Waals surface area contributed by atoms with Crippen molar-refractivity contribution in [3.8, 4) is 0 Å². The Bertz CT molecular complexity index is 467. The first-order chi connectivity index (χ1) is 7.59. The summed E-state index contributed by atoms with van der Waals surface area (Å²) in [4.78, 5) is 5.62. The van der Waals surface area contributed by atoms with Gasteiger partial charge in [0.05, 0.1) is 11.9 Å². The van der Waals surface area contributed by atoms with Crippen LogP contribution in [-0.2, 0) is 10.1 Å². The molecule has 0 aliphatic carbocycles. The van der Waals surface area contributed by atoms with Crippen LogP contribution >= 0.6 is 0 Å². The summed E-state index contributed by atoms with van der Waals surface area (Å²) in [6.07, 6.45) is 6.00. The predicted molar refractivity (Wildman–Crippen MR) is 60.1 cm³/mol. The van der Waals surface area contributed by atoms with E-state index < -0.39 is 10.1 Å². The molecule has 1 N–H and O–H groups in total. The number of piperidine rings is 1. The molecule has 0 aromatic carbocycles. The lowest BCUT2D eigenvalue weighted by Gasteiger charge is -2.29. The van der Waals surface area contributed by atoms with Gasteiger partial charge >= 0.3 is 0 Å². The predicted octanol–water partition coefficient (Wildman–Crippen LogP) is 1.32. The minimum Gasteiger partial charge on any atom is -0.370 e. The largest absolute Gasteiger partial charge is 0.370 e. The highest BCUT2D eigenvalue weighted by molar-refractivity contribution is 7.86. The molecule has 1 saturated heterocycles. The van der Waals surface area contributed by atoms with Crippen LogP contribution in [0.1, 0.15) is 19.3 Å². The number of hydrogen-bond acceptors (Lipinski definition) is 4. The molecule has 0 spiro atoms. The van der Waals surface area contributed by atoms with E-state index in [4.69, 9.17) is 4.55 Å². The Morgan fingerprint density at radius 1 is 1.25 bits per heavy atom. The second-order valence-electron chi connectivity index (χ2n) is 3.87. The average Bonchev–Trinajstić information content (AvgIpc) is 2.29. The lowest BCUT2D eigenvalue weighted by Crippen LogP contribution is -2.30. The molecule has 2 rings (SSSR count). The summed E-state index contributed by atoms with van der Waals surface area (Å²) < 4.78 is 31.5. The van der Waals surface area contributed by atoms with Crippen molar-refractivity contribution >= 4 is 15.8 Å². The molecule has 0 bridgehead atoms. The summed E-state index contributed by atoms with van der Waals surface area (Å²) in [5, 5.41) is 0. The van der Waals surface area contributed by atoms with Crippen molar-refractivity contribution < 1.29 is 13.0 Å². The van der Waals surface area contributed by atoms with Gasteiger partial charge in [0.15, 0.2) is 0 Å². The van der Waals surface area contributed by atoms with Crippen molar-refractivity contribution in [3.63, 3.8) is 0 Å². The number of anilines is 1. The highest BCUT2D eigenvalue weighted by atomic mass is 32.2. The fourth-order valence-corrected chi connectivity index (χ4v) is 2.62. The van der Waals surface area contributed by atoms with Gasteiger partial charge in [-0.25, -0.2) is 0 Å². The first-order valence-electron chi connectivity index (χ1n) is 5.25. The fourth-order valence-electron chi connectivity index (χ4n) is 1.97. The molecule has 88 valence electrons. The molecule has 5 nitrogen and oxygen atoms in total. The Kier molecular flexibility index (Phi) is 3.11. The lowest BCUT2D eigenvalue weighted by molar-refractivity contribution is 0.481. The van der Waals surface area contributed by atoms with E-state index in [-0.39, 0.29) is 4.90 Å². The Labute approximate surface area is 94.9 Å². The van der Waals surface area contributed by atoms with Gasteiger partial charge in [-0.2, -0.15) is 8.42 Å². The number of aromatic nitrogens is 1. The van der Waals surface area contributed by atoms with E-state index in [9.17, 15) is 8.42 Å². The minimum atomic E-state index is -4.19. The van der Waals surface area contributed by atoms with Gasteiger partial charge in [-0.3, -0.25) is 9.54 Å². The highest BCUT2D eigenvalue weighted by Crippen LogP contribution is 2.26. The zero-order chi connectivity index (χ0) is 11.6. The van der Waals surface area contributed by atoms with Crippen LogP contribution in [0.3, 0.4) is 0 Å². The third-order valence-corrected chi connectivity index (χ3v) is 3.61. The van der Waals surface area contributed by atoms with Crippen LogP contribution in [-0.4, -0.2) is 31.0 Å². The van der Waals surface area contributed by atoms with Crippen LogP contribution in [0, 0.1) is 0 Å². The summed E-state index contributed by atoms with van der Waals surface area (Å²) in [5.74, 6) is 0. The van der Waals surface area contributed by atoms with Crippen molar-refractivity contribution in [2.24, 2.45) is 0 Å². The molecule has 1 aliphatic rings. The molecule has 0 radical (unpaired) electrons. The first kappa shape index (κ1) is 11.3. The van der Waals surface area contributed by atoms with Gasteiger partial charge in [0.1, 0.15) is 4.90 Å². The van der Waals surface area contributed by atoms with Crippen LogP contribution in [0.4, 0.5) is 5.69 Å². The highest BCUT2D eigenvalue weighted by Gasteiger charge is 2.21. The standard InChI is InChI=1S/C10H14N2O3S/c13-16(14,15)10-8-11-5-4-9(10)12-6-2-1-3-7-12/h4-5,8H,1-3,6-7H2,(H,13,14,15). The molecule has 0 atom stereocenters. The summed E-state index contributed by atoms with van der Waals surface area (Å²) >= 11 is 0. The number of pyridine rings is 1. The lowest BCUT2D eigenvalue weighted by atomic mass is 10.1. The molecule has 0 unspecified atom stereocenters. The summed E-state index contributed by atoms with van der Waals surface area (Å²) in [6.45, 7) is 1.65. The van der Waals surface area contributed by atoms with E-state index in [1.807, 2.05) is 4.90 Å². The quantitative estimate of drug-likeness (QED) is 0.792. The smallest absolute Gasteiger partial charge is 0.298 e. The number of hydrogen-bond donors (Lipinski definition) is 1. The normalized spacial score (nSPS) is 17.4. The van der Waals surface area contributed by atoms with Crippen LogP contribution in [0.2, 0.25) is 0 Å². The van der Waals surface area contributed by atoms with E-state index in [0.717, 1.165) is 25.9 Å². The van der Waals surface area contributed by atoms with Crippen molar-refractivity contribution in [2.75, 3.05) is 18.0 Å². The molecule has 16 heavy (non-hydrogen) atoms. The Morgan fingerprint density at radius 2 is 1.94 bits per heavy atom. The van der Waals surface area contributed by atoms with Gasteiger partial charge in [0.25, 0.3) is 10.1 Å². The van der Waals surface area contributed by atoms with Crippen LogP contribution < -0.4 is 4.90 Å². The van der Waals surface area contributed by atoms with Gasteiger partial charge in [-0.05, 0) is 25.3 Å². The molecule has 1 aliphatic heterocycles. The Balaban J connectivity index is 2.40. The monoisotopic (exact) mass is 242 g/mol. The Hall–Kier alpha value is -1.14.